The number of nitrogens with one attached hydrogen (secondary N) is 2. The maximum absolute atomic E-state index is 12.4. The van der Waals surface area contributed by atoms with Crippen molar-refractivity contribution in [1.82, 2.24) is 10.4 Å². The summed E-state index contributed by atoms with van der Waals surface area (Å²) in [5.74, 6) is -0.0898. The molecule has 0 atom stereocenters. The molecule has 0 spiro atoms. The van der Waals surface area contributed by atoms with Gasteiger partial charge in [0, 0.05) is 30.3 Å². The highest BCUT2D eigenvalue weighted by Gasteiger charge is 2.17. The van der Waals surface area contributed by atoms with Gasteiger partial charge in [-0.05, 0) is 37.5 Å². The van der Waals surface area contributed by atoms with Crippen LogP contribution < -0.4 is 10.7 Å². The average molecular weight is 296 g/mol. The van der Waals surface area contributed by atoms with E-state index >= 15 is 0 Å². The van der Waals surface area contributed by atoms with Gasteiger partial charge in [0.05, 0.1) is 5.56 Å². The molecule has 1 amide bonds. The van der Waals surface area contributed by atoms with Crippen molar-refractivity contribution in [3.63, 3.8) is 0 Å². The fourth-order valence-corrected chi connectivity index (χ4v) is 2.50. The molecule has 2 N–H and O–H groups in total. The minimum atomic E-state index is -0.0898. The van der Waals surface area contributed by atoms with Gasteiger partial charge >= 0.3 is 0 Å². The molecule has 1 aliphatic heterocycles. The third-order valence-corrected chi connectivity index (χ3v) is 3.64. The summed E-state index contributed by atoms with van der Waals surface area (Å²) in [6.45, 7) is 4.77. The number of piperidine rings is 1. The molecule has 5 heteroatoms. The molecule has 0 unspecified atom stereocenters. The number of halogens is 1. The molecule has 110 valence electrons. The molecule has 1 aromatic rings. The Kier molecular flexibility index (Phi) is 5.68. The van der Waals surface area contributed by atoms with Crippen LogP contribution in [0.2, 0.25) is 5.02 Å². The topological polar surface area (TPSA) is 44.4 Å². The summed E-state index contributed by atoms with van der Waals surface area (Å²) in [5, 5.41) is 5.85. The standard InChI is InChI=1S/C15H22ClN3O/c1-2-8-17-14-7-6-12(16)11-13(14)15(20)18-19-9-4-3-5-10-19/h6-7,11,17H,2-5,8-10H2,1H3,(H,18,20). The maximum Gasteiger partial charge on any atom is 0.267 e. The first-order valence-corrected chi connectivity index (χ1v) is 7.68. The van der Waals surface area contributed by atoms with Crippen LogP contribution in [-0.4, -0.2) is 30.6 Å². The number of hydrazine groups is 1. The van der Waals surface area contributed by atoms with Gasteiger partial charge in [0.15, 0.2) is 0 Å². The lowest BCUT2D eigenvalue weighted by Crippen LogP contribution is -2.45. The van der Waals surface area contributed by atoms with Gasteiger partial charge in [-0.3, -0.25) is 10.2 Å². The first-order chi connectivity index (χ1) is 9.70. The Bertz CT molecular complexity index is 458. The minimum Gasteiger partial charge on any atom is -0.384 e. The molecule has 0 bridgehead atoms. The average Bonchev–Trinajstić information content (AvgIpc) is 2.47. The number of anilines is 1. The Morgan fingerprint density at radius 2 is 2.05 bits per heavy atom. The number of carbonyl (C=O) groups excluding carboxylic acids is 1. The Morgan fingerprint density at radius 3 is 2.75 bits per heavy atom. The van der Waals surface area contributed by atoms with E-state index in [9.17, 15) is 4.79 Å². The van der Waals surface area contributed by atoms with E-state index in [0.717, 1.165) is 44.6 Å². The quantitative estimate of drug-likeness (QED) is 0.876. The molecule has 0 saturated carbocycles. The van der Waals surface area contributed by atoms with Crippen molar-refractivity contribution in [2.24, 2.45) is 0 Å². The fourth-order valence-electron chi connectivity index (χ4n) is 2.33. The Morgan fingerprint density at radius 1 is 1.30 bits per heavy atom. The lowest BCUT2D eigenvalue weighted by molar-refractivity contribution is 0.0751. The molecule has 1 fully saturated rings. The normalized spacial score (nSPS) is 15.9. The lowest BCUT2D eigenvalue weighted by Gasteiger charge is -2.27. The Balaban J connectivity index is 2.08. The van der Waals surface area contributed by atoms with Gasteiger partial charge in [0.2, 0.25) is 0 Å². The summed E-state index contributed by atoms with van der Waals surface area (Å²) in [6, 6.07) is 5.39. The SMILES string of the molecule is CCCNc1ccc(Cl)cc1C(=O)NN1CCCCC1. The highest BCUT2D eigenvalue weighted by Crippen LogP contribution is 2.21. The van der Waals surface area contributed by atoms with Gasteiger partial charge < -0.3 is 5.32 Å². The number of rotatable bonds is 5. The molecule has 1 heterocycles. The van der Waals surface area contributed by atoms with E-state index in [-0.39, 0.29) is 5.91 Å². The molecule has 0 radical (unpaired) electrons. The van der Waals surface area contributed by atoms with Crippen LogP contribution in [0, 0.1) is 0 Å². The van der Waals surface area contributed by atoms with Crippen LogP contribution in [-0.2, 0) is 0 Å². The number of hydrogen-bond acceptors (Lipinski definition) is 3. The lowest BCUT2D eigenvalue weighted by atomic mass is 10.1. The predicted molar refractivity (Wildman–Crippen MR) is 83.1 cm³/mol. The van der Waals surface area contributed by atoms with Crippen molar-refractivity contribution in [2.75, 3.05) is 25.0 Å². The van der Waals surface area contributed by atoms with E-state index in [1.165, 1.54) is 6.42 Å². The first-order valence-electron chi connectivity index (χ1n) is 7.30. The van der Waals surface area contributed by atoms with Crippen molar-refractivity contribution < 1.29 is 4.79 Å². The molecule has 1 saturated heterocycles. The zero-order valence-electron chi connectivity index (χ0n) is 11.9. The Hall–Kier alpha value is -1.26. The van der Waals surface area contributed by atoms with E-state index in [0.29, 0.717) is 10.6 Å². The summed E-state index contributed by atoms with van der Waals surface area (Å²) in [7, 11) is 0. The monoisotopic (exact) mass is 295 g/mol. The summed E-state index contributed by atoms with van der Waals surface area (Å²) < 4.78 is 0. The molecular weight excluding hydrogens is 274 g/mol. The molecule has 1 aliphatic rings. The van der Waals surface area contributed by atoms with Crippen LogP contribution in [0.4, 0.5) is 5.69 Å². The zero-order chi connectivity index (χ0) is 14.4. The summed E-state index contributed by atoms with van der Waals surface area (Å²) >= 11 is 6.02. The Labute approximate surface area is 125 Å². The maximum atomic E-state index is 12.4. The van der Waals surface area contributed by atoms with Gasteiger partial charge in [-0.15, -0.1) is 0 Å². The van der Waals surface area contributed by atoms with E-state index < -0.39 is 0 Å². The van der Waals surface area contributed by atoms with E-state index in [1.807, 2.05) is 11.1 Å². The third-order valence-electron chi connectivity index (χ3n) is 3.41. The van der Waals surface area contributed by atoms with E-state index in [2.05, 4.69) is 17.7 Å². The first kappa shape index (κ1) is 15.1. The van der Waals surface area contributed by atoms with Crippen molar-refractivity contribution in [2.45, 2.75) is 32.6 Å². The molecule has 0 aliphatic carbocycles. The smallest absolute Gasteiger partial charge is 0.267 e. The van der Waals surface area contributed by atoms with Crippen molar-refractivity contribution >= 4 is 23.2 Å². The summed E-state index contributed by atoms with van der Waals surface area (Å²) in [5.41, 5.74) is 4.42. The van der Waals surface area contributed by atoms with Crippen molar-refractivity contribution in [1.29, 1.82) is 0 Å². The number of carbonyl (C=O) groups is 1. The summed E-state index contributed by atoms with van der Waals surface area (Å²) in [6.07, 6.45) is 4.52. The second-order valence-electron chi connectivity index (χ2n) is 5.11. The van der Waals surface area contributed by atoms with Gasteiger partial charge in [-0.1, -0.05) is 24.9 Å². The second kappa shape index (κ2) is 7.50. The molecule has 2 rings (SSSR count). The molecule has 20 heavy (non-hydrogen) atoms. The van der Waals surface area contributed by atoms with E-state index in [1.54, 1.807) is 12.1 Å². The van der Waals surface area contributed by atoms with Crippen LogP contribution in [0.3, 0.4) is 0 Å². The van der Waals surface area contributed by atoms with Gasteiger partial charge in [0.25, 0.3) is 5.91 Å². The summed E-state index contributed by atoms with van der Waals surface area (Å²) in [4.78, 5) is 12.4. The number of amides is 1. The molecule has 4 nitrogen and oxygen atoms in total. The van der Waals surface area contributed by atoms with Crippen LogP contribution in [0.5, 0.6) is 0 Å². The van der Waals surface area contributed by atoms with Gasteiger partial charge in [-0.2, -0.15) is 0 Å². The second-order valence-corrected chi connectivity index (χ2v) is 5.54. The number of nitrogens with zero attached hydrogens (tertiary/aromatic N) is 1. The van der Waals surface area contributed by atoms with E-state index in [4.69, 9.17) is 11.6 Å². The minimum absolute atomic E-state index is 0.0898. The largest absolute Gasteiger partial charge is 0.384 e. The zero-order valence-corrected chi connectivity index (χ0v) is 12.7. The van der Waals surface area contributed by atoms with Crippen LogP contribution in [0.15, 0.2) is 18.2 Å². The van der Waals surface area contributed by atoms with Crippen LogP contribution in [0.25, 0.3) is 0 Å². The fraction of sp³-hybridized carbons (Fsp3) is 0.533. The number of hydrogen-bond donors (Lipinski definition) is 2. The number of benzene rings is 1. The highest BCUT2D eigenvalue weighted by molar-refractivity contribution is 6.31. The van der Waals surface area contributed by atoms with Gasteiger partial charge in [0.1, 0.15) is 0 Å². The molecule has 0 aromatic heterocycles. The van der Waals surface area contributed by atoms with Crippen molar-refractivity contribution in [3.8, 4) is 0 Å². The third kappa shape index (κ3) is 4.12. The molecule has 1 aromatic carbocycles. The predicted octanol–water partition coefficient (Wildman–Crippen LogP) is 3.29. The highest BCUT2D eigenvalue weighted by atomic mass is 35.5. The van der Waals surface area contributed by atoms with Crippen molar-refractivity contribution in [3.05, 3.63) is 28.8 Å². The molecular formula is C15H22ClN3O. The van der Waals surface area contributed by atoms with Gasteiger partial charge in [-0.25, -0.2) is 5.01 Å². The van der Waals surface area contributed by atoms with Crippen LogP contribution >= 0.6 is 11.6 Å². The van der Waals surface area contributed by atoms with Crippen LogP contribution in [0.1, 0.15) is 43.0 Å².